The summed E-state index contributed by atoms with van der Waals surface area (Å²) < 4.78 is 43.1. The molecule has 1 fully saturated rings. The van der Waals surface area contributed by atoms with Gasteiger partial charge in [0.25, 0.3) is 11.8 Å². The average molecular weight is 339 g/mol. The molecule has 7 heteroatoms. The second-order valence-corrected chi connectivity index (χ2v) is 5.94. The molecule has 0 unspecified atom stereocenters. The van der Waals surface area contributed by atoms with Crippen LogP contribution in [0.4, 0.5) is 13.2 Å². The molecule has 0 saturated carbocycles. The summed E-state index contributed by atoms with van der Waals surface area (Å²) in [6.07, 6.45) is -1.67. The monoisotopic (exact) mass is 339 g/mol. The summed E-state index contributed by atoms with van der Waals surface area (Å²) >= 11 is 0. The molecule has 0 bridgehead atoms. The first kappa shape index (κ1) is 16.7. The van der Waals surface area contributed by atoms with Crippen LogP contribution in [0.25, 0.3) is 5.57 Å². The van der Waals surface area contributed by atoms with E-state index >= 15 is 0 Å². The summed E-state index contributed by atoms with van der Waals surface area (Å²) in [5.74, 6) is -0.667. The van der Waals surface area contributed by atoms with Gasteiger partial charge in [0.1, 0.15) is 0 Å². The van der Waals surface area contributed by atoms with Crippen LogP contribution in [-0.4, -0.2) is 36.5 Å². The Morgan fingerprint density at radius 3 is 2.29 bits per heavy atom. The molecule has 0 aliphatic carbocycles. The van der Waals surface area contributed by atoms with Crippen molar-refractivity contribution in [3.8, 4) is 0 Å². The molecular formula is C17H16F3NO3. The van der Waals surface area contributed by atoms with Crippen LogP contribution in [0.1, 0.15) is 24.0 Å². The van der Waals surface area contributed by atoms with E-state index in [-0.39, 0.29) is 11.5 Å². The maximum atomic E-state index is 12.6. The molecule has 1 aromatic carbocycles. The Morgan fingerprint density at radius 2 is 1.71 bits per heavy atom. The average Bonchev–Trinajstić information content (AvgIpc) is 2.83. The van der Waals surface area contributed by atoms with E-state index in [2.05, 4.69) is 0 Å². The van der Waals surface area contributed by atoms with Crippen LogP contribution in [0.2, 0.25) is 0 Å². The van der Waals surface area contributed by atoms with Crippen molar-refractivity contribution in [1.82, 2.24) is 4.90 Å². The minimum absolute atomic E-state index is 0.140. The van der Waals surface area contributed by atoms with Gasteiger partial charge in [-0.15, -0.1) is 0 Å². The molecule has 24 heavy (non-hydrogen) atoms. The van der Waals surface area contributed by atoms with E-state index in [9.17, 15) is 22.8 Å². The van der Waals surface area contributed by atoms with Crippen molar-refractivity contribution in [2.24, 2.45) is 5.92 Å². The van der Waals surface area contributed by atoms with Gasteiger partial charge >= 0.3 is 6.18 Å². The minimum atomic E-state index is -4.43. The van der Waals surface area contributed by atoms with Crippen molar-refractivity contribution in [2.45, 2.75) is 19.0 Å². The SMILES string of the molecule is O=C1C=C(c2ccc(C(F)(F)F)cc2)C(=O)N1CC1CCOCC1. The first-order chi connectivity index (χ1) is 11.4. The van der Waals surface area contributed by atoms with E-state index < -0.39 is 23.6 Å². The summed E-state index contributed by atoms with van der Waals surface area (Å²) in [4.78, 5) is 25.7. The van der Waals surface area contributed by atoms with E-state index in [0.29, 0.717) is 25.3 Å². The standard InChI is InChI=1S/C17H16F3NO3/c18-17(19,20)13-3-1-12(2-4-13)14-9-15(22)21(16(14)23)10-11-5-7-24-8-6-11/h1-4,9,11H,5-8,10H2. The van der Waals surface area contributed by atoms with Gasteiger partial charge < -0.3 is 4.74 Å². The largest absolute Gasteiger partial charge is 0.416 e. The van der Waals surface area contributed by atoms with Crippen LogP contribution in [-0.2, 0) is 20.5 Å². The van der Waals surface area contributed by atoms with Gasteiger partial charge in [0, 0.05) is 25.8 Å². The third-order valence-corrected chi connectivity index (χ3v) is 4.31. The van der Waals surface area contributed by atoms with Gasteiger partial charge in [0.15, 0.2) is 0 Å². The number of ether oxygens (including phenoxy) is 1. The van der Waals surface area contributed by atoms with E-state index in [1.54, 1.807) is 0 Å². The highest BCUT2D eigenvalue weighted by Crippen LogP contribution is 2.31. The molecule has 2 heterocycles. The predicted molar refractivity (Wildman–Crippen MR) is 79.7 cm³/mol. The molecule has 0 spiro atoms. The lowest BCUT2D eigenvalue weighted by Gasteiger charge is -2.26. The second kappa shape index (κ2) is 6.39. The quantitative estimate of drug-likeness (QED) is 0.796. The molecule has 1 saturated heterocycles. The number of nitrogens with zero attached hydrogens (tertiary/aromatic N) is 1. The van der Waals surface area contributed by atoms with Crippen molar-refractivity contribution >= 4 is 17.4 Å². The maximum absolute atomic E-state index is 12.6. The fraction of sp³-hybridized carbons (Fsp3) is 0.412. The van der Waals surface area contributed by atoms with Crippen LogP contribution in [0.5, 0.6) is 0 Å². The molecule has 0 N–H and O–H groups in total. The van der Waals surface area contributed by atoms with Crippen molar-refractivity contribution < 1.29 is 27.5 Å². The molecule has 1 aromatic rings. The van der Waals surface area contributed by atoms with Gasteiger partial charge in [0.2, 0.25) is 0 Å². The number of imide groups is 1. The lowest BCUT2D eigenvalue weighted by Crippen LogP contribution is -2.37. The third kappa shape index (κ3) is 3.36. The van der Waals surface area contributed by atoms with Gasteiger partial charge in [-0.25, -0.2) is 0 Å². The molecule has 4 nitrogen and oxygen atoms in total. The number of amides is 2. The Labute approximate surface area is 136 Å². The molecule has 128 valence electrons. The van der Waals surface area contributed by atoms with Gasteiger partial charge in [-0.2, -0.15) is 13.2 Å². The van der Waals surface area contributed by atoms with Crippen molar-refractivity contribution in [2.75, 3.05) is 19.8 Å². The van der Waals surface area contributed by atoms with Crippen molar-refractivity contribution in [3.05, 3.63) is 41.5 Å². The highest BCUT2D eigenvalue weighted by molar-refractivity contribution is 6.33. The number of benzene rings is 1. The van der Waals surface area contributed by atoms with E-state index in [4.69, 9.17) is 4.74 Å². The van der Waals surface area contributed by atoms with Gasteiger partial charge in [-0.1, -0.05) is 12.1 Å². The highest BCUT2D eigenvalue weighted by atomic mass is 19.4. The van der Waals surface area contributed by atoms with Crippen LogP contribution in [0.15, 0.2) is 30.3 Å². The molecule has 2 aliphatic heterocycles. The minimum Gasteiger partial charge on any atom is -0.381 e. The Morgan fingerprint density at radius 1 is 1.08 bits per heavy atom. The zero-order valence-corrected chi connectivity index (χ0v) is 12.8. The van der Waals surface area contributed by atoms with Gasteiger partial charge in [-0.3, -0.25) is 14.5 Å². The third-order valence-electron chi connectivity index (χ3n) is 4.31. The lowest BCUT2D eigenvalue weighted by molar-refractivity contribution is -0.138. The molecule has 0 aromatic heterocycles. The number of halogens is 3. The number of carbonyl (C=O) groups excluding carboxylic acids is 2. The number of alkyl halides is 3. The number of rotatable bonds is 3. The Bertz CT molecular complexity index is 673. The Kier molecular flexibility index (Phi) is 4.45. The highest BCUT2D eigenvalue weighted by Gasteiger charge is 2.35. The molecule has 2 amide bonds. The summed E-state index contributed by atoms with van der Waals surface area (Å²) in [6, 6.07) is 4.26. The molecule has 0 radical (unpaired) electrons. The van der Waals surface area contributed by atoms with Crippen LogP contribution in [0, 0.1) is 5.92 Å². The van der Waals surface area contributed by atoms with E-state index in [1.807, 2.05) is 0 Å². The first-order valence-corrected chi connectivity index (χ1v) is 7.69. The Balaban J connectivity index is 1.74. The molecule has 3 rings (SSSR count). The molecule has 0 atom stereocenters. The van der Waals surface area contributed by atoms with Crippen LogP contribution in [0.3, 0.4) is 0 Å². The fourth-order valence-electron chi connectivity index (χ4n) is 2.91. The smallest absolute Gasteiger partial charge is 0.381 e. The van der Waals surface area contributed by atoms with Crippen molar-refractivity contribution in [3.63, 3.8) is 0 Å². The number of hydrogen-bond acceptors (Lipinski definition) is 3. The lowest BCUT2D eigenvalue weighted by atomic mass is 9.99. The van der Waals surface area contributed by atoms with Gasteiger partial charge in [0.05, 0.1) is 11.1 Å². The van der Waals surface area contributed by atoms with Crippen LogP contribution < -0.4 is 0 Å². The molecular weight excluding hydrogens is 323 g/mol. The van der Waals surface area contributed by atoms with Gasteiger partial charge in [-0.05, 0) is 36.5 Å². The van der Waals surface area contributed by atoms with E-state index in [1.165, 1.54) is 23.1 Å². The summed E-state index contributed by atoms with van der Waals surface area (Å²) in [7, 11) is 0. The summed E-state index contributed by atoms with van der Waals surface area (Å²) in [5, 5.41) is 0. The first-order valence-electron chi connectivity index (χ1n) is 7.69. The fourth-order valence-corrected chi connectivity index (χ4v) is 2.91. The summed E-state index contributed by atoms with van der Waals surface area (Å²) in [6.45, 7) is 1.54. The predicted octanol–water partition coefficient (Wildman–Crippen LogP) is 2.88. The number of hydrogen-bond donors (Lipinski definition) is 0. The van der Waals surface area contributed by atoms with Crippen molar-refractivity contribution in [1.29, 1.82) is 0 Å². The topological polar surface area (TPSA) is 46.6 Å². The number of carbonyl (C=O) groups is 2. The Hall–Kier alpha value is -2.15. The summed E-state index contributed by atoms with van der Waals surface area (Å²) in [5.41, 5.74) is -0.334. The van der Waals surface area contributed by atoms with Crippen LogP contribution >= 0.6 is 0 Å². The second-order valence-electron chi connectivity index (χ2n) is 5.94. The normalized spacial score (nSPS) is 19.8. The van der Waals surface area contributed by atoms with E-state index in [0.717, 1.165) is 25.0 Å². The maximum Gasteiger partial charge on any atom is 0.416 e. The zero-order chi connectivity index (χ0) is 17.3. The molecule has 2 aliphatic rings. The zero-order valence-electron chi connectivity index (χ0n) is 12.8.